The number of aromatic amines is 1. The summed E-state index contributed by atoms with van der Waals surface area (Å²) in [5.74, 6) is -1.09. The lowest BCUT2D eigenvalue weighted by Gasteiger charge is -2.16. The van der Waals surface area contributed by atoms with Gasteiger partial charge in [0.1, 0.15) is 0 Å². The number of hydrogen-bond acceptors (Lipinski definition) is 7. The zero-order valence-electron chi connectivity index (χ0n) is 12.6. The number of anilines is 1. The van der Waals surface area contributed by atoms with Gasteiger partial charge >= 0.3 is 5.97 Å². The SMILES string of the molecule is COC(=O)c1cnc2c(=O)[nH]c(NC(=O)C(C)(C)C)nc2n1. The van der Waals surface area contributed by atoms with Crippen molar-refractivity contribution in [3.05, 3.63) is 22.2 Å². The summed E-state index contributed by atoms with van der Waals surface area (Å²) in [6, 6.07) is 0. The molecule has 0 unspecified atom stereocenters. The number of nitrogens with zero attached hydrogens (tertiary/aromatic N) is 3. The summed E-state index contributed by atoms with van der Waals surface area (Å²) in [7, 11) is 1.20. The molecule has 0 aromatic carbocycles. The largest absolute Gasteiger partial charge is 0.464 e. The quantitative estimate of drug-likeness (QED) is 0.772. The number of esters is 1. The van der Waals surface area contributed by atoms with Crippen molar-refractivity contribution in [2.45, 2.75) is 20.8 Å². The Balaban J connectivity index is 2.48. The second-order valence-electron chi connectivity index (χ2n) is 5.54. The standard InChI is InChI=1S/C13H15N5O4/c1-13(2,3)11(21)18-12-16-8-7(9(19)17-12)14-5-6(15-8)10(20)22-4/h5H,1-4H3,(H2,15,16,17,18,19,21). The van der Waals surface area contributed by atoms with Crippen molar-refractivity contribution in [1.29, 1.82) is 0 Å². The highest BCUT2D eigenvalue weighted by Crippen LogP contribution is 2.15. The van der Waals surface area contributed by atoms with Crippen LogP contribution in [0.25, 0.3) is 11.2 Å². The van der Waals surface area contributed by atoms with Gasteiger partial charge in [-0.3, -0.25) is 19.9 Å². The molecule has 0 saturated heterocycles. The fourth-order valence-electron chi connectivity index (χ4n) is 1.48. The van der Waals surface area contributed by atoms with Crippen molar-refractivity contribution < 1.29 is 14.3 Å². The molecule has 0 radical (unpaired) electrons. The molecule has 0 aliphatic rings. The number of amides is 1. The summed E-state index contributed by atoms with van der Waals surface area (Å²) in [5, 5.41) is 2.49. The number of fused-ring (bicyclic) bond motifs is 1. The van der Waals surface area contributed by atoms with Crippen molar-refractivity contribution >= 4 is 29.0 Å². The highest BCUT2D eigenvalue weighted by molar-refractivity contribution is 5.93. The van der Waals surface area contributed by atoms with E-state index in [1.54, 1.807) is 20.8 Å². The first-order valence-corrected chi connectivity index (χ1v) is 6.39. The Morgan fingerprint density at radius 1 is 1.27 bits per heavy atom. The van der Waals surface area contributed by atoms with Crippen molar-refractivity contribution in [3.8, 4) is 0 Å². The molecule has 2 rings (SSSR count). The normalized spacial score (nSPS) is 11.3. The van der Waals surface area contributed by atoms with Gasteiger partial charge in [-0.15, -0.1) is 0 Å². The van der Waals surface area contributed by atoms with Crippen LogP contribution in [0.5, 0.6) is 0 Å². The number of methoxy groups -OCH3 is 1. The smallest absolute Gasteiger partial charge is 0.358 e. The monoisotopic (exact) mass is 305 g/mol. The molecule has 2 N–H and O–H groups in total. The molecule has 9 nitrogen and oxygen atoms in total. The van der Waals surface area contributed by atoms with Crippen LogP contribution in [0, 0.1) is 5.41 Å². The van der Waals surface area contributed by atoms with Crippen LogP contribution in [0.15, 0.2) is 11.0 Å². The van der Waals surface area contributed by atoms with Crippen molar-refractivity contribution in [1.82, 2.24) is 19.9 Å². The van der Waals surface area contributed by atoms with E-state index in [2.05, 4.69) is 30.0 Å². The molecule has 0 bridgehead atoms. The minimum Gasteiger partial charge on any atom is -0.464 e. The predicted molar refractivity (Wildman–Crippen MR) is 77.4 cm³/mol. The van der Waals surface area contributed by atoms with E-state index in [-0.39, 0.29) is 28.7 Å². The molecule has 0 fully saturated rings. The summed E-state index contributed by atoms with van der Waals surface area (Å²) < 4.78 is 4.53. The number of H-pyrrole nitrogens is 1. The molecule has 2 aromatic rings. The van der Waals surface area contributed by atoms with E-state index in [4.69, 9.17) is 0 Å². The predicted octanol–water partition coefficient (Wildman–Crippen LogP) is 0.484. The van der Waals surface area contributed by atoms with E-state index in [9.17, 15) is 14.4 Å². The van der Waals surface area contributed by atoms with Gasteiger partial charge in [-0.2, -0.15) is 4.98 Å². The number of aromatic nitrogens is 4. The molecule has 1 amide bonds. The molecule has 2 heterocycles. The van der Waals surface area contributed by atoms with Gasteiger partial charge in [0.15, 0.2) is 16.9 Å². The van der Waals surface area contributed by atoms with E-state index in [0.29, 0.717) is 0 Å². The molecule has 0 atom stereocenters. The highest BCUT2D eigenvalue weighted by atomic mass is 16.5. The van der Waals surface area contributed by atoms with Gasteiger partial charge in [0.05, 0.1) is 13.3 Å². The molecule has 0 saturated carbocycles. The first kappa shape index (κ1) is 15.5. The molecular formula is C13H15N5O4. The van der Waals surface area contributed by atoms with Crippen LogP contribution >= 0.6 is 0 Å². The lowest BCUT2D eigenvalue weighted by atomic mass is 9.96. The average molecular weight is 305 g/mol. The zero-order valence-corrected chi connectivity index (χ0v) is 12.6. The molecule has 0 spiro atoms. The van der Waals surface area contributed by atoms with Crippen molar-refractivity contribution in [2.75, 3.05) is 12.4 Å². The van der Waals surface area contributed by atoms with Crippen LogP contribution in [0.2, 0.25) is 0 Å². The van der Waals surface area contributed by atoms with E-state index in [0.717, 1.165) is 6.20 Å². The maximum absolute atomic E-state index is 11.9. The molecule has 9 heteroatoms. The number of rotatable bonds is 2. The van der Waals surface area contributed by atoms with Gasteiger partial charge in [-0.1, -0.05) is 20.8 Å². The third-order valence-electron chi connectivity index (χ3n) is 2.73. The van der Waals surface area contributed by atoms with Gasteiger partial charge in [0.2, 0.25) is 11.9 Å². The van der Waals surface area contributed by atoms with Gasteiger partial charge < -0.3 is 4.74 Å². The molecule has 0 aliphatic heterocycles. The average Bonchev–Trinajstić information content (AvgIpc) is 2.44. The molecule has 22 heavy (non-hydrogen) atoms. The third-order valence-corrected chi connectivity index (χ3v) is 2.73. The van der Waals surface area contributed by atoms with Crippen molar-refractivity contribution in [3.63, 3.8) is 0 Å². The number of carbonyl (C=O) groups is 2. The molecule has 0 aliphatic carbocycles. The van der Waals surface area contributed by atoms with Gasteiger partial charge in [0, 0.05) is 5.41 Å². The lowest BCUT2D eigenvalue weighted by Crippen LogP contribution is -2.29. The summed E-state index contributed by atoms with van der Waals surface area (Å²) in [5.41, 5.74) is -1.41. The Hall–Kier alpha value is -2.84. The fourth-order valence-corrected chi connectivity index (χ4v) is 1.48. The van der Waals surface area contributed by atoms with Crippen LogP contribution in [0.3, 0.4) is 0 Å². The van der Waals surface area contributed by atoms with E-state index >= 15 is 0 Å². The van der Waals surface area contributed by atoms with Crippen LogP contribution < -0.4 is 10.9 Å². The second-order valence-corrected chi connectivity index (χ2v) is 5.54. The first-order chi connectivity index (χ1) is 10.2. The Kier molecular flexibility index (Phi) is 3.89. The highest BCUT2D eigenvalue weighted by Gasteiger charge is 2.22. The van der Waals surface area contributed by atoms with Gasteiger partial charge in [-0.25, -0.2) is 14.8 Å². The number of hydrogen-bond donors (Lipinski definition) is 2. The molecule has 116 valence electrons. The maximum atomic E-state index is 11.9. The summed E-state index contributed by atoms with van der Waals surface area (Å²) in [6.07, 6.45) is 1.12. The van der Waals surface area contributed by atoms with Crippen molar-refractivity contribution in [2.24, 2.45) is 5.41 Å². The Morgan fingerprint density at radius 3 is 2.55 bits per heavy atom. The Morgan fingerprint density at radius 2 is 1.95 bits per heavy atom. The first-order valence-electron chi connectivity index (χ1n) is 6.39. The Bertz CT molecular complexity index is 806. The fraction of sp³-hybridized carbons (Fsp3) is 0.385. The number of ether oxygens (including phenoxy) is 1. The van der Waals surface area contributed by atoms with Gasteiger partial charge in [-0.05, 0) is 0 Å². The van der Waals surface area contributed by atoms with Crippen LogP contribution in [-0.4, -0.2) is 38.9 Å². The minimum absolute atomic E-state index is 0.0404. The zero-order chi connectivity index (χ0) is 16.5. The van der Waals surface area contributed by atoms with Crippen LogP contribution in [0.1, 0.15) is 31.3 Å². The minimum atomic E-state index is -0.697. The lowest BCUT2D eigenvalue weighted by molar-refractivity contribution is -0.123. The molecule has 2 aromatic heterocycles. The van der Waals surface area contributed by atoms with Crippen LogP contribution in [0.4, 0.5) is 5.95 Å². The summed E-state index contributed by atoms with van der Waals surface area (Å²) in [4.78, 5) is 49.4. The Labute approximate surface area is 125 Å². The molecular weight excluding hydrogens is 290 g/mol. The van der Waals surface area contributed by atoms with E-state index in [1.807, 2.05) is 0 Å². The summed E-state index contributed by atoms with van der Waals surface area (Å²) >= 11 is 0. The number of nitrogens with one attached hydrogen (secondary N) is 2. The van der Waals surface area contributed by atoms with Gasteiger partial charge in [0.25, 0.3) is 5.56 Å². The number of carbonyl (C=O) groups excluding carboxylic acids is 2. The van der Waals surface area contributed by atoms with E-state index in [1.165, 1.54) is 7.11 Å². The maximum Gasteiger partial charge on any atom is 0.358 e. The van der Waals surface area contributed by atoms with Crippen LogP contribution in [-0.2, 0) is 9.53 Å². The third kappa shape index (κ3) is 3.08. The summed E-state index contributed by atoms with van der Waals surface area (Å²) in [6.45, 7) is 5.16. The topological polar surface area (TPSA) is 127 Å². The second kappa shape index (κ2) is 5.51. The van der Waals surface area contributed by atoms with E-state index < -0.39 is 16.9 Å².